The quantitative estimate of drug-likeness (QED) is 0.144. The van der Waals surface area contributed by atoms with Gasteiger partial charge >= 0.3 is 0 Å². The number of fused-ring (bicyclic) bond motifs is 9. The van der Waals surface area contributed by atoms with Crippen molar-refractivity contribution in [3.8, 4) is 44.5 Å². The molecular weight excluding hydrogens is 823 g/mol. The maximum atomic E-state index is 2.44. The van der Waals surface area contributed by atoms with Crippen molar-refractivity contribution >= 4 is 102 Å². The van der Waals surface area contributed by atoms with Gasteiger partial charge in [-0.3, -0.25) is 0 Å². The van der Waals surface area contributed by atoms with E-state index in [0.717, 1.165) is 17.1 Å². The Bertz CT molecular complexity index is 3930. The van der Waals surface area contributed by atoms with E-state index >= 15 is 0 Å². The monoisotopic (exact) mass is 861 g/mol. The highest BCUT2D eigenvalue weighted by atomic mass is 32.1. The standard InChI is InChI=1S/C62H39NS2/c1-2-13-41(14-3-1)57-38-45(49-21-12-22-55-53-20-9-11-24-60(53)65-62(49)55)30-36-58(57)63(46-31-25-40(26-32-46)43-29-35-54-52-19-8-10-23-59(52)64-61(54)39-43)47-33-27-42(28-34-47)56-37-44-15-4-5-16-48(44)50-17-6-7-18-51(50)56/h1-39H. The molecule has 65 heavy (non-hydrogen) atoms. The Kier molecular flexibility index (Phi) is 8.97. The molecule has 3 heteroatoms. The summed E-state index contributed by atoms with van der Waals surface area (Å²) in [5, 5.41) is 10.3. The molecule has 2 aromatic heterocycles. The van der Waals surface area contributed by atoms with E-state index in [2.05, 4.69) is 241 Å². The largest absolute Gasteiger partial charge is 0.310 e. The molecule has 1 nitrogen and oxygen atoms in total. The van der Waals surface area contributed by atoms with Crippen LogP contribution in [0.4, 0.5) is 17.1 Å². The van der Waals surface area contributed by atoms with Gasteiger partial charge in [0.1, 0.15) is 0 Å². The molecule has 0 saturated heterocycles. The number of hydrogen-bond acceptors (Lipinski definition) is 3. The summed E-state index contributed by atoms with van der Waals surface area (Å²) < 4.78 is 5.27. The molecule has 0 aliphatic carbocycles. The maximum Gasteiger partial charge on any atom is 0.0540 e. The lowest BCUT2D eigenvalue weighted by Crippen LogP contribution is -2.11. The first-order chi connectivity index (χ1) is 32.2. The molecule has 0 N–H and O–H groups in total. The zero-order chi connectivity index (χ0) is 42.8. The van der Waals surface area contributed by atoms with Gasteiger partial charge in [-0.2, -0.15) is 0 Å². The molecule has 0 radical (unpaired) electrons. The molecule has 304 valence electrons. The van der Waals surface area contributed by atoms with Crippen LogP contribution in [-0.2, 0) is 0 Å². The summed E-state index contributed by atoms with van der Waals surface area (Å²) in [5.41, 5.74) is 13.0. The third-order valence-electron chi connectivity index (χ3n) is 13.1. The number of rotatable bonds is 7. The van der Waals surface area contributed by atoms with E-state index in [4.69, 9.17) is 0 Å². The van der Waals surface area contributed by atoms with Crippen LogP contribution >= 0.6 is 22.7 Å². The molecular formula is C62H39NS2. The van der Waals surface area contributed by atoms with Crippen LogP contribution in [0, 0.1) is 0 Å². The number of nitrogens with zero attached hydrogens (tertiary/aromatic N) is 1. The molecule has 2 heterocycles. The van der Waals surface area contributed by atoms with E-state index in [9.17, 15) is 0 Å². The summed E-state index contributed by atoms with van der Waals surface area (Å²) in [7, 11) is 0. The van der Waals surface area contributed by atoms with Crippen LogP contribution in [0.2, 0.25) is 0 Å². The second-order valence-electron chi connectivity index (χ2n) is 16.8. The minimum atomic E-state index is 1.09. The van der Waals surface area contributed by atoms with Crippen LogP contribution in [0.3, 0.4) is 0 Å². The third kappa shape index (κ3) is 6.43. The van der Waals surface area contributed by atoms with E-state index < -0.39 is 0 Å². The summed E-state index contributed by atoms with van der Waals surface area (Å²) in [4.78, 5) is 2.44. The predicted molar refractivity (Wildman–Crippen MR) is 284 cm³/mol. The number of hydrogen-bond donors (Lipinski definition) is 0. The topological polar surface area (TPSA) is 3.24 Å². The van der Waals surface area contributed by atoms with Gasteiger partial charge in [-0.15, -0.1) is 22.7 Å². The molecule has 0 aliphatic heterocycles. The van der Waals surface area contributed by atoms with Gasteiger partial charge in [0, 0.05) is 57.3 Å². The second-order valence-corrected chi connectivity index (χ2v) is 18.9. The van der Waals surface area contributed by atoms with Gasteiger partial charge in [0.05, 0.1) is 5.69 Å². The van der Waals surface area contributed by atoms with Crippen LogP contribution in [0.5, 0.6) is 0 Å². The van der Waals surface area contributed by atoms with Crippen LogP contribution < -0.4 is 4.90 Å². The average Bonchev–Trinajstić information content (AvgIpc) is 3.95. The Morgan fingerprint density at radius 3 is 1.58 bits per heavy atom. The van der Waals surface area contributed by atoms with Crippen molar-refractivity contribution in [3.63, 3.8) is 0 Å². The van der Waals surface area contributed by atoms with Gasteiger partial charge in [-0.05, 0) is 121 Å². The summed E-state index contributed by atoms with van der Waals surface area (Å²) >= 11 is 3.75. The van der Waals surface area contributed by atoms with Crippen molar-refractivity contribution < 1.29 is 0 Å². The first kappa shape index (κ1) is 37.7. The van der Waals surface area contributed by atoms with Crippen molar-refractivity contribution in [2.24, 2.45) is 0 Å². The Balaban J connectivity index is 0.974. The fourth-order valence-corrected chi connectivity index (χ4v) is 12.3. The molecule has 13 rings (SSSR count). The number of thiophene rings is 2. The van der Waals surface area contributed by atoms with E-state index in [0.29, 0.717) is 0 Å². The second kappa shape index (κ2) is 15.5. The normalized spacial score (nSPS) is 11.7. The highest BCUT2D eigenvalue weighted by Gasteiger charge is 2.21. The summed E-state index contributed by atoms with van der Waals surface area (Å²) in [6.07, 6.45) is 0. The number of anilines is 3. The van der Waals surface area contributed by atoms with Crippen LogP contribution in [-0.4, -0.2) is 0 Å². The maximum absolute atomic E-state index is 2.44. The van der Waals surface area contributed by atoms with Gasteiger partial charge < -0.3 is 4.90 Å². The lowest BCUT2D eigenvalue weighted by molar-refractivity contribution is 1.28. The molecule has 0 atom stereocenters. The highest BCUT2D eigenvalue weighted by Crippen LogP contribution is 2.47. The van der Waals surface area contributed by atoms with Gasteiger partial charge in [-0.25, -0.2) is 0 Å². The molecule has 0 aliphatic rings. The van der Waals surface area contributed by atoms with Crippen LogP contribution in [0.15, 0.2) is 237 Å². The van der Waals surface area contributed by atoms with Crippen LogP contribution in [0.25, 0.3) is 106 Å². The van der Waals surface area contributed by atoms with Crippen LogP contribution in [0.1, 0.15) is 0 Å². The Labute approximate surface area is 385 Å². The molecule has 0 fully saturated rings. The Morgan fingerprint density at radius 2 is 0.815 bits per heavy atom. The fourth-order valence-electron chi connectivity index (χ4n) is 9.94. The van der Waals surface area contributed by atoms with Gasteiger partial charge in [0.2, 0.25) is 0 Å². The molecule has 11 aromatic carbocycles. The van der Waals surface area contributed by atoms with Crippen molar-refractivity contribution in [3.05, 3.63) is 237 Å². The van der Waals surface area contributed by atoms with Gasteiger partial charge in [-0.1, -0.05) is 176 Å². The van der Waals surface area contributed by atoms with Crippen molar-refractivity contribution in [1.29, 1.82) is 0 Å². The average molecular weight is 862 g/mol. The molecule has 0 unspecified atom stereocenters. The van der Waals surface area contributed by atoms with Crippen molar-refractivity contribution in [1.82, 2.24) is 0 Å². The lowest BCUT2D eigenvalue weighted by Gasteiger charge is -2.29. The minimum absolute atomic E-state index is 1.09. The number of benzene rings is 11. The smallest absolute Gasteiger partial charge is 0.0540 e. The fraction of sp³-hybridized carbons (Fsp3) is 0. The Hall–Kier alpha value is -7.82. The third-order valence-corrected chi connectivity index (χ3v) is 15.4. The molecule has 0 amide bonds. The Morgan fingerprint density at radius 1 is 0.262 bits per heavy atom. The van der Waals surface area contributed by atoms with E-state index in [1.165, 1.54) is 106 Å². The summed E-state index contributed by atoms with van der Waals surface area (Å²) in [6, 6.07) is 87.3. The van der Waals surface area contributed by atoms with Crippen molar-refractivity contribution in [2.75, 3.05) is 4.90 Å². The minimum Gasteiger partial charge on any atom is -0.310 e. The first-order valence-electron chi connectivity index (χ1n) is 22.1. The lowest BCUT2D eigenvalue weighted by atomic mass is 9.93. The van der Waals surface area contributed by atoms with E-state index in [-0.39, 0.29) is 0 Å². The summed E-state index contributed by atoms with van der Waals surface area (Å²) in [6.45, 7) is 0. The zero-order valence-electron chi connectivity index (χ0n) is 35.3. The van der Waals surface area contributed by atoms with E-state index in [1.54, 1.807) is 0 Å². The zero-order valence-corrected chi connectivity index (χ0v) is 36.9. The predicted octanol–water partition coefficient (Wildman–Crippen LogP) is 18.9. The molecule has 0 saturated carbocycles. The summed E-state index contributed by atoms with van der Waals surface area (Å²) in [5.74, 6) is 0. The molecule has 13 aromatic rings. The SMILES string of the molecule is c1ccc(-c2cc(-c3cccc4c3sc3ccccc34)ccc2N(c2ccc(-c3ccc4c(c3)sc3ccccc34)cc2)c2ccc(-c3cc4ccccc4c4ccccc34)cc2)cc1. The molecule has 0 bridgehead atoms. The van der Waals surface area contributed by atoms with Crippen molar-refractivity contribution in [2.45, 2.75) is 0 Å². The highest BCUT2D eigenvalue weighted by molar-refractivity contribution is 7.26. The van der Waals surface area contributed by atoms with E-state index in [1.807, 2.05) is 22.7 Å². The molecule has 0 spiro atoms. The first-order valence-corrected chi connectivity index (χ1v) is 23.8. The van der Waals surface area contributed by atoms with Gasteiger partial charge in [0.15, 0.2) is 0 Å². The van der Waals surface area contributed by atoms with Gasteiger partial charge in [0.25, 0.3) is 0 Å².